The molecule has 2 saturated carbocycles. The molecule has 2 aliphatic heterocycles. The molecule has 6 aromatic heterocycles. The fourth-order valence-electron chi connectivity index (χ4n) is 9.85. The predicted molar refractivity (Wildman–Crippen MR) is 245 cm³/mol. The maximum atomic E-state index is 14.1. The minimum atomic E-state index is -0.567. The first-order valence-corrected chi connectivity index (χ1v) is 24.6. The van der Waals surface area contributed by atoms with E-state index in [2.05, 4.69) is 20.3 Å². The maximum absolute atomic E-state index is 14.1. The zero-order valence-electron chi connectivity index (χ0n) is 34.8. The van der Waals surface area contributed by atoms with Gasteiger partial charge < -0.3 is 15.5 Å². The van der Waals surface area contributed by atoms with Crippen molar-refractivity contribution in [1.82, 2.24) is 42.9 Å². The fraction of sp³-hybridized carbons (Fsp3) is 0.523. The summed E-state index contributed by atoms with van der Waals surface area (Å²) in [6, 6.07) is 6.12. The highest BCUT2D eigenvalue weighted by Gasteiger charge is 2.31. The van der Waals surface area contributed by atoms with Gasteiger partial charge in [-0.25, -0.2) is 33.3 Å². The van der Waals surface area contributed by atoms with E-state index in [0.29, 0.717) is 48.5 Å². The van der Waals surface area contributed by atoms with E-state index in [1.165, 1.54) is 21.3 Å². The van der Waals surface area contributed by atoms with Gasteiger partial charge in [-0.15, -0.1) is 0 Å². The van der Waals surface area contributed by atoms with Gasteiger partial charge in [0, 0.05) is 55.2 Å². The molecule has 14 nitrogen and oxygen atoms in total. The fourth-order valence-corrected chi connectivity index (χ4v) is 12.2. The summed E-state index contributed by atoms with van der Waals surface area (Å²) in [5.74, 6) is 2.72. The third-order valence-corrected chi connectivity index (χ3v) is 15.5. The van der Waals surface area contributed by atoms with Crippen LogP contribution in [0.25, 0.3) is 27.7 Å². The number of imidazole rings is 1. The lowest BCUT2D eigenvalue weighted by Crippen LogP contribution is -2.46. The van der Waals surface area contributed by atoms with Crippen LogP contribution in [0.1, 0.15) is 107 Å². The molecular formula is C44H51ClF2N10O4S2. The molecule has 2 saturated heterocycles. The zero-order chi connectivity index (χ0) is 43.8. The van der Waals surface area contributed by atoms with Crippen molar-refractivity contribution in [2.75, 3.05) is 23.0 Å². The quantitative estimate of drug-likeness (QED) is 0.178. The van der Waals surface area contributed by atoms with Crippen molar-refractivity contribution in [3.63, 3.8) is 0 Å². The van der Waals surface area contributed by atoms with Crippen LogP contribution in [0, 0.1) is 11.6 Å². The van der Waals surface area contributed by atoms with E-state index in [1.807, 2.05) is 52.5 Å². The number of rotatable bonds is 7. The standard InChI is InChI=1S/C26H28ClFN6O2S.C18H23FN4O2S/c27-16-1-6-23-31-19(15-32(23)14-16)13-29-18-2-4-20(5-3-18)34-25(35)22-11-17(28)12-30-24(22)33(26(34)36)21-7-9-37-10-8-21;19-11-9-15-16(21-10-11)22(14-5-7-26-8-6-14)18(25)23(17(15)24)13-3-1-12(20)2-4-13/h1,6,11-12,14-15,18,20-21,29H,2-5,7-10,13H2;9-10,12-14H,1-8,20H2. The van der Waals surface area contributed by atoms with Crippen LogP contribution in [0.3, 0.4) is 0 Å². The molecule has 10 rings (SSSR count). The van der Waals surface area contributed by atoms with Crippen LogP contribution >= 0.6 is 35.1 Å². The number of hydrogen-bond acceptors (Lipinski definition) is 11. The van der Waals surface area contributed by atoms with Gasteiger partial charge in [-0.1, -0.05) is 11.6 Å². The molecule has 63 heavy (non-hydrogen) atoms. The summed E-state index contributed by atoms with van der Waals surface area (Å²) in [5, 5.41) is 4.61. The average molecular weight is 922 g/mol. The number of halogens is 3. The first-order valence-electron chi connectivity index (χ1n) is 22.0. The van der Waals surface area contributed by atoms with Crippen LogP contribution in [-0.4, -0.2) is 72.7 Å². The zero-order valence-corrected chi connectivity index (χ0v) is 37.2. The van der Waals surface area contributed by atoms with E-state index in [1.54, 1.807) is 9.13 Å². The topological polar surface area (TPSA) is 169 Å². The molecule has 3 N–H and O–H groups in total. The second kappa shape index (κ2) is 19.0. The maximum Gasteiger partial charge on any atom is 0.333 e. The summed E-state index contributed by atoms with van der Waals surface area (Å²) in [6.45, 7) is 0.627. The lowest BCUT2D eigenvalue weighted by atomic mass is 9.91. The molecule has 6 aromatic rings. The van der Waals surface area contributed by atoms with E-state index < -0.39 is 22.8 Å². The molecule has 0 aromatic carbocycles. The SMILES string of the molecule is NC1CCC(n2c(=O)c3cc(F)cnc3n(C3CCSCC3)c2=O)CC1.O=c1c2cc(F)cnc2n(C2CCSCC2)c(=O)n1C1CCC(NCc2cn3cc(Cl)ccc3n2)CC1. The Balaban J connectivity index is 0.000000170. The summed E-state index contributed by atoms with van der Waals surface area (Å²) < 4.78 is 35.8. The van der Waals surface area contributed by atoms with Gasteiger partial charge in [0.2, 0.25) is 0 Å². The van der Waals surface area contributed by atoms with Crippen molar-refractivity contribution in [2.45, 2.75) is 120 Å². The number of nitrogens with two attached hydrogens (primary N) is 1. The van der Waals surface area contributed by atoms with Crippen molar-refractivity contribution >= 4 is 62.8 Å². The number of fused-ring (bicyclic) bond motifs is 3. The Bertz CT molecular complexity index is 2870. The van der Waals surface area contributed by atoms with Crippen molar-refractivity contribution in [1.29, 1.82) is 0 Å². The van der Waals surface area contributed by atoms with Gasteiger partial charge >= 0.3 is 11.4 Å². The van der Waals surface area contributed by atoms with Crippen molar-refractivity contribution in [3.05, 3.63) is 113 Å². The molecule has 0 amide bonds. The van der Waals surface area contributed by atoms with Gasteiger partial charge in [-0.05, 0) is 124 Å². The minimum absolute atomic E-state index is 0.00177. The molecule has 0 spiro atoms. The smallest absolute Gasteiger partial charge is 0.328 e. The van der Waals surface area contributed by atoms with Gasteiger partial charge in [0.1, 0.15) is 28.6 Å². The van der Waals surface area contributed by atoms with E-state index in [0.717, 1.165) is 98.1 Å². The Morgan fingerprint density at radius 1 is 0.651 bits per heavy atom. The van der Waals surface area contributed by atoms with Crippen molar-refractivity contribution < 1.29 is 8.78 Å². The van der Waals surface area contributed by atoms with Crippen molar-refractivity contribution in [2.24, 2.45) is 5.73 Å². The van der Waals surface area contributed by atoms with Crippen LogP contribution in [0.5, 0.6) is 0 Å². The predicted octanol–water partition coefficient (Wildman–Crippen LogP) is 6.55. The number of aromatic nitrogens is 8. The Kier molecular flexibility index (Phi) is 13.2. The number of hydrogen-bond donors (Lipinski definition) is 2. The first-order chi connectivity index (χ1) is 30.5. The first kappa shape index (κ1) is 43.9. The molecule has 19 heteroatoms. The van der Waals surface area contributed by atoms with E-state index >= 15 is 0 Å². The molecule has 0 atom stereocenters. The monoisotopic (exact) mass is 920 g/mol. The molecule has 4 aliphatic rings. The highest BCUT2D eigenvalue weighted by Crippen LogP contribution is 2.32. The number of pyridine rings is 3. The van der Waals surface area contributed by atoms with Gasteiger partial charge in [0.15, 0.2) is 0 Å². The average Bonchev–Trinajstić information content (AvgIpc) is 3.70. The highest BCUT2D eigenvalue weighted by molar-refractivity contribution is 7.99. The summed E-state index contributed by atoms with van der Waals surface area (Å²) in [4.78, 5) is 66.5. The second-order valence-electron chi connectivity index (χ2n) is 17.2. The molecule has 0 radical (unpaired) electrons. The number of thioether (sulfide) groups is 2. The van der Waals surface area contributed by atoms with Crippen molar-refractivity contribution in [3.8, 4) is 0 Å². The van der Waals surface area contributed by atoms with Crippen LogP contribution in [0.2, 0.25) is 5.02 Å². The third kappa shape index (κ3) is 9.15. The summed E-state index contributed by atoms with van der Waals surface area (Å²) >= 11 is 9.80. The Morgan fingerprint density at radius 2 is 1.13 bits per heavy atom. The van der Waals surface area contributed by atoms with Crippen LogP contribution in [-0.2, 0) is 6.54 Å². The van der Waals surface area contributed by atoms with E-state index in [-0.39, 0.29) is 58.4 Å². The van der Waals surface area contributed by atoms with E-state index in [4.69, 9.17) is 17.3 Å². The Morgan fingerprint density at radius 3 is 1.63 bits per heavy atom. The van der Waals surface area contributed by atoms with Gasteiger partial charge in [0.05, 0.1) is 33.9 Å². The molecule has 8 heterocycles. The van der Waals surface area contributed by atoms with Crippen LogP contribution in [0.15, 0.2) is 68.2 Å². The Labute approximate surface area is 374 Å². The number of nitrogens with zero attached hydrogens (tertiary/aromatic N) is 8. The Hall–Kier alpha value is -4.36. The molecule has 0 bridgehead atoms. The van der Waals surface area contributed by atoms with Gasteiger partial charge in [-0.2, -0.15) is 23.5 Å². The lowest BCUT2D eigenvalue weighted by Gasteiger charge is -2.31. The summed E-state index contributed by atoms with van der Waals surface area (Å²) in [7, 11) is 0. The third-order valence-electron chi connectivity index (χ3n) is 13.2. The number of nitrogens with one attached hydrogen (secondary N) is 1. The lowest BCUT2D eigenvalue weighted by molar-refractivity contribution is 0.274. The van der Waals surface area contributed by atoms with Gasteiger partial charge in [-0.3, -0.25) is 27.9 Å². The largest absolute Gasteiger partial charge is 0.333 e. The molecule has 4 fully saturated rings. The van der Waals surface area contributed by atoms with Gasteiger partial charge in [0.25, 0.3) is 11.1 Å². The van der Waals surface area contributed by atoms with Crippen LogP contribution in [0.4, 0.5) is 8.78 Å². The van der Waals surface area contributed by atoms with Crippen LogP contribution < -0.4 is 33.5 Å². The highest BCUT2D eigenvalue weighted by atomic mass is 35.5. The van der Waals surface area contributed by atoms with E-state index in [9.17, 15) is 28.0 Å². The molecular weight excluding hydrogens is 870 g/mol. The summed E-state index contributed by atoms with van der Waals surface area (Å²) in [5.41, 5.74) is 6.87. The molecule has 2 aliphatic carbocycles. The molecule has 334 valence electrons. The normalized spacial score (nSPS) is 22.7. The second-order valence-corrected chi connectivity index (χ2v) is 20.1. The minimum Gasteiger partial charge on any atom is -0.328 e. The molecule has 0 unspecified atom stereocenters. The summed E-state index contributed by atoms with van der Waals surface area (Å²) in [6.07, 6.45) is 15.4.